The standard InChI is InChI=1S/C10H16N4/c1-4-8-7(3)13-14-6-11-12-10(14)9(8)5-2/h6,8-9H,4-5H2,1-3H3. The highest BCUT2D eigenvalue weighted by molar-refractivity contribution is 5.85. The third-order valence-electron chi connectivity index (χ3n) is 3.06. The van der Waals surface area contributed by atoms with Gasteiger partial charge in [0.15, 0.2) is 5.82 Å². The summed E-state index contributed by atoms with van der Waals surface area (Å²) in [7, 11) is 0. The topological polar surface area (TPSA) is 43.1 Å². The molecule has 4 nitrogen and oxygen atoms in total. The Morgan fingerprint density at radius 2 is 2.00 bits per heavy atom. The third kappa shape index (κ3) is 1.25. The summed E-state index contributed by atoms with van der Waals surface area (Å²) < 4.78 is 1.82. The maximum absolute atomic E-state index is 4.46. The predicted molar refractivity (Wildman–Crippen MR) is 55.3 cm³/mol. The van der Waals surface area contributed by atoms with E-state index in [1.54, 1.807) is 6.33 Å². The van der Waals surface area contributed by atoms with E-state index in [0.717, 1.165) is 18.7 Å². The quantitative estimate of drug-likeness (QED) is 0.719. The van der Waals surface area contributed by atoms with Crippen LogP contribution in [0.3, 0.4) is 0 Å². The Balaban J connectivity index is 2.45. The summed E-state index contributed by atoms with van der Waals surface area (Å²) in [5, 5.41) is 12.5. The minimum absolute atomic E-state index is 0.486. The van der Waals surface area contributed by atoms with Crippen LogP contribution in [0, 0.1) is 5.92 Å². The number of nitrogens with zero attached hydrogens (tertiary/aromatic N) is 4. The van der Waals surface area contributed by atoms with E-state index in [2.05, 4.69) is 36.1 Å². The highest BCUT2D eigenvalue weighted by Gasteiger charge is 2.30. The summed E-state index contributed by atoms with van der Waals surface area (Å²) in [6.45, 7) is 6.50. The molecular formula is C10H16N4. The van der Waals surface area contributed by atoms with E-state index in [9.17, 15) is 0 Å². The lowest BCUT2D eigenvalue weighted by molar-refractivity contribution is 0.446. The lowest BCUT2D eigenvalue weighted by atomic mass is 9.83. The molecule has 1 aliphatic heterocycles. The summed E-state index contributed by atoms with van der Waals surface area (Å²) in [6.07, 6.45) is 3.91. The average molecular weight is 192 g/mol. The average Bonchev–Trinajstić information content (AvgIpc) is 2.62. The SMILES string of the molecule is CCC1C(C)=Nn2cnnc2C1CC. The van der Waals surface area contributed by atoms with E-state index in [1.165, 1.54) is 5.71 Å². The first-order valence-corrected chi connectivity index (χ1v) is 5.23. The van der Waals surface area contributed by atoms with Gasteiger partial charge in [-0.3, -0.25) is 0 Å². The zero-order valence-corrected chi connectivity index (χ0v) is 8.94. The molecule has 2 unspecified atom stereocenters. The first kappa shape index (κ1) is 9.37. The molecule has 0 N–H and O–H groups in total. The Kier molecular flexibility index (Phi) is 2.35. The molecule has 0 saturated heterocycles. The van der Waals surface area contributed by atoms with E-state index in [4.69, 9.17) is 0 Å². The lowest BCUT2D eigenvalue weighted by Gasteiger charge is -2.27. The number of fused-ring (bicyclic) bond motifs is 1. The first-order valence-electron chi connectivity index (χ1n) is 5.23. The van der Waals surface area contributed by atoms with Gasteiger partial charge in [-0.1, -0.05) is 13.8 Å². The van der Waals surface area contributed by atoms with Crippen LogP contribution in [-0.2, 0) is 0 Å². The van der Waals surface area contributed by atoms with Gasteiger partial charge in [0.1, 0.15) is 6.33 Å². The van der Waals surface area contributed by atoms with E-state index in [-0.39, 0.29) is 0 Å². The van der Waals surface area contributed by atoms with Crippen LogP contribution in [0.2, 0.25) is 0 Å². The minimum atomic E-state index is 0.486. The minimum Gasteiger partial charge on any atom is -0.204 e. The molecule has 0 radical (unpaired) electrons. The van der Waals surface area contributed by atoms with Crippen molar-refractivity contribution in [3.63, 3.8) is 0 Å². The monoisotopic (exact) mass is 192 g/mol. The second-order valence-corrected chi connectivity index (χ2v) is 3.80. The Hall–Kier alpha value is -1.19. The Morgan fingerprint density at radius 3 is 2.64 bits per heavy atom. The molecule has 1 aromatic heterocycles. The second-order valence-electron chi connectivity index (χ2n) is 3.80. The normalized spacial score (nSPS) is 25.8. The van der Waals surface area contributed by atoms with Crippen molar-refractivity contribution in [1.82, 2.24) is 14.9 Å². The molecule has 0 aromatic carbocycles. The van der Waals surface area contributed by atoms with Crippen LogP contribution >= 0.6 is 0 Å². The summed E-state index contributed by atoms with van der Waals surface area (Å²) in [5.74, 6) is 2.04. The highest BCUT2D eigenvalue weighted by Crippen LogP contribution is 2.33. The van der Waals surface area contributed by atoms with E-state index in [0.29, 0.717) is 11.8 Å². The molecular weight excluding hydrogens is 176 g/mol. The molecule has 14 heavy (non-hydrogen) atoms. The molecule has 1 aliphatic rings. The largest absolute Gasteiger partial charge is 0.204 e. The maximum Gasteiger partial charge on any atom is 0.158 e. The van der Waals surface area contributed by atoms with Gasteiger partial charge in [-0.15, -0.1) is 10.2 Å². The van der Waals surface area contributed by atoms with Crippen molar-refractivity contribution in [3.8, 4) is 0 Å². The van der Waals surface area contributed by atoms with Crippen molar-refractivity contribution < 1.29 is 0 Å². The van der Waals surface area contributed by atoms with Gasteiger partial charge < -0.3 is 0 Å². The fourth-order valence-corrected chi connectivity index (χ4v) is 2.32. The smallest absolute Gasteiger partial charge is 0.158 e. The van der Waals surface area contributed by atoms with Crippen molar-refractivity contribution in [1.29, 1.82) is 0 Å². The Labute approximate surface area is 84.0 Å². The summed E-state index contributed by atoms with van der Waals surface area (Å²) >= 11 is 0. The van der Waals surface area contributed by atoms with E-state index < -0.39 is 0 Å². The molecule has 0 spiro atoms. The van der Waals surface area contributed by atoms with E-state index in [1.807, 2.05) is 4.68 Å². The van der Waals surface area contributed by atoms with Gasteiger partial charge in [0.05, 0.1) is 0 Å². The van der Waals surface area contributed by atoms with Gasteiger partial charge >= 0.3 is 0 Å². The van der Waals surface area contributed by atoms with Crippen LogP contribution in [0.5, 0.6) is 0 Å². The second kappa shape index (κ2) is 3.52. The van der Waals surface area contributed by atoms with Crippen molar-refractivity contribution in [2.45, 2.75) is 39.5 Å². The molecule has 2 rings (SSSR count). The Morgan fingerprint density at radius 1 is 1.29 bits per heavy atom. The highest BCUT2D eigenvalue weighted by atomic mass is 15.4. The van der Waals surface area contributed by atoms with Crippen LogP contribution in [0.15, 0.2) is 11.4 Å². The molecule has 4 heteroatoms. The summed E-state index contributed by atoms with van der Waals surface area (Å²) in [4.78, 5) is 0. The molecule has 1 aromatic rings. The molecule has 0 fully saturated rings. The summed E-state index contributed by atoms with van der Waals surface area (Å²) in [5.41, 5.74) is 1.20. The molecule has 2 atom stereocenters. The first-order chi connectivity index (χ1) is 6.77. The van der Waals surface area contributed by atoms with Crippen LogP contribution in [-0.4, -0.2) is 20.6 Å². The van der Waals surface area contributed by atoms with Crippen molar-refractivity contribution in [3.05, 3.63) is 12.2 Å². The van der Waals surface area contributed by atoms with Gasteiger partial charge in [0.2, 0.25) is 0 Å². The van der Waals surface area contributed by atoms with Gasteiger partial charge in [0.25, 0.3) is 0 Å². The number of aromatic nitrogens is 3. The van der Waals surface area contributed by atoms with Crippen LogP contribution in [0.4, 0.5) is 0 Å². The van der Waals surface area contributed by atoms with E-state index >= 15 is 0 Å². The van der Waals surface area contributed by atoms with Crippen LogP contribution in [0.25, 0.3) is 0 Å². The molecule has 0 bridgehead atoms. The molecule has 0 aliphatic carbocycles. The molecule has 2 heterocycles. The van der Waals surface area contributed by atoms with Crippen molar-refractivity contribution in [2.24, 2.45) is 11.0 Å². The molecule has 0 amide bonds. The molecule has 0 saturated carbocycles. The fourth-order valence-electron chi connectivity index (χ4n) is 2.32. The summed E-state index contributed by atoms with van der Waals surface area (Å²) in [6, 6.07) is 0. The van der Waals surface area contributed by atoms with Gasteiger partial charge in [0, 0.05) is 17.5 Å². The van der Waals surface area contributed by atoms with Crippen LogP contribution < -0.4 is 0 Å². The fraction of sp³-hybridized carbons (Fsp3) is 0.700. The predicted octanol–water partition coefficient (Wildman–Crippen LogP) is 2.04. The maximum atomic E-state index is 4.46. The molecule has 76 valence electrons. The van der Waals surface area contributed by atoms with Crippen molar-refractivity contribution in [2.75, 3.05) is 0 Å². The van der Waals surface area contributed by atoms with Gasteiger partial charge in [-0.2, -0.15) is 5.10 Å². The zero-order valence-electron chi connectivity index (χ0n) is 8.94. The number of hydrogen-bond donors (Lipinski definition) is 0. The third-order valence-corrected chi connectivity index (χ3v) is 3.06. The van der Waals surface area contributed by atoms with Crippen molar-refractivity contribution >= 4 is 5.71 Å². The Bertz CT molecular complexity index is 353. The zero-order chi connectivity index (χ0) is 10.1. The number of hydrogen-bond acceptors (Lipinski definition) is 3. The van der Waals surface area contributed by atoms with Gasteiger partial charge in [-0.25, -0.2) is 4.68 Å². The van der Waals surface area contributed by atoms with Crippen LogP contribution in [0.1, 0.15) is 45.4 Å². The van der Waals surface area contributed by atoms with Gasteiger partial charge in [-0.05, 0) is 19.8 Å². The lowest BCUT2D eigenvalue weighted by Crippen LogP contribution is -2.27. The number of rotatable bonds is 2.